The number of amides is 2. The number of carbonyl (C=O) groups excluding carboxylic acids is 2. The molecular formula is C26H25NO6. The van der Waals surface area contributed by atoms with E-state index in [1.165, 1.54) is 0 Å². The Morgan fingerprint density at radius 2 is 1.58 bits per heavy atom. The topological polar surface area (TPSA) is 83.1 Å². The van der Waals surface area contributed by atoms with Crippen LogP contribution in [0, 0.1) is 0 Å². The van der Waals surface area contributed by atoms with Crippen LogP contribution in [0.1, 0.15) is 31.4 Å². The van der Waals surface area contributed by atoms with E-state index in [1.54, 1.807) is 38.3 Å². The standard InChI is InChI=1S/C26H25NO6/c1-4-6-17-15-22(31-20-11-9-19(30-3)10-12-20)13-14-23(17)32-21-8-5-7-18(16-21)26(2)24(28)27-25(29)33-26/h5,7-16H,4,6H2,1-3H3,(H,27,28,29)/t26-/m1/s1. The third kappa shape index (κ3) is 4.77. The largest absolute Gasteiger partial charge is 0.497 e. The van der Waals surface area contributed by atoms with Gasteiger partial charge in [-0.05, 0) is 73.5 Å². The molecule has 7 nitrogen and oxygen atoms in total. The maximum absolute atomic E-state index is 12.2. The first kappa shape index (κ1) is 22.2. The molecule has 4 rings (SSSR count). The molecule has 1 atom stereocenters. The second-order valence-electron chi connectivity index (χ2n) is 7.80. The van der Waals surface area contributed by atoms with E-state index in [0.717, 1.165) is 24.2 Å². The minimum Gasteiger partial charge on any atom is -0.497 e. The normalized spacial score (nSPS) is 17.3. The molecule has 0 unspecified atom stereocenters. The fraction of sp³-hybridized carbons (Fsp3) is 0.231. The molecule has 3 aromatic rings. The Kier molecular flexibility index (Phi) is 6.22. The van der Waals surface area contributed by atoms with Crippen LogP contribution in [0.2, 0.25) is 0 Å². The smallest absolute Gasteiger partial charge is 0.415 e. The minimum absolute atomic E-state index is 0.503. The quantitative estimate of drug-likeness (QED) is 0.476. The number of nitrogens with one attached hydrogen (secondary N) is 1. The summed E-state index contributed by atoms with van der Waals surface area (Å²) in [7, 11) is 1.62. The molecule has 0 aromatic heterocycles. The van der Waals surface area contributed by atoms with E-state index in [2.05, 4.69) is 12.2 Å². The van der Waals surface area contributed by atoms with Gasteiger partial charge in [-0.1, -0.05) is 25.5 Å². The molecule has 2 amide bonds. The van der Waals surface area contributed by atoms with Crippen LogP contribution in [0.25, 0.3) is 0 Å². The molecule has 0 spiro atoms. The highest BCUT2D eigenvalue weighted by Gasteiger charge is 2.46. The van der Waals surface area contributed by atoms with Crippen LogP contribution in [-0.2, 0) is 21.6 Å². The van der Waals surface area contributed by atoms with Crippen LogP contribution in [0.3, 0.4) is 0 Å². The number of aryl methyl sites for hydroxylation is 1. The second-order valence-corrected chi connectivity index (χ2v) is 7.80. The van der Waals surface area contributed by atoms with Crippen LogP contribution in [0.5, 0.6) is 28.7 Å². The Labute approximate surface area is 192 Å². The predicted molar refractivity (Wildman–Crippen MR) is 122 cm³/mol. The van der Waals surface area contributed by atoms with Gasteiger partial charge in [-0.3, -0.25) is 10.1 Å². The number of cyclic esters (lactones) is 1. The van der Waals surface area contributed by atoms with Gasteiger partial charge in [-0.15, -0.1) is 0 Å². The van der Waals surface area contributed by atoms with E-state index in [1.807, 2.05) is 42.5 Å². The van der Waals surface area contributed by atoms with Crippen molar-refractivity contribution in [2.45, 2.75) is 32.3 Å². The van der Waals surface area contributed by atoms with Crippen molar-refractivity contribution >= 4 is 12.0 Å². The summed E-state index contributed by atoms with van der Waals surface area (Å²) in [6.07, 6.45) is 0.967. The van der Waals surface area contributed by atoms with E-state index in [-0.39, 0.29) is 0 Å². The predicted octanol–water partition coefficient (Wildman–Crippen LogP) is 5.71. The average molecular weight is 447 g/mol. The first-order valence-corrected chi connectivity index (χ1v) is 10.7. The number of rotatable bonds is 8. The van der Waals surface area contributed by atoms with Crippen molar-refractivity contribution in [3.63, 3.8) is 0 Å². The maximum Gasteiger partial charge on any atom is 0.415 e. The van der Waals surface area contributed by atoms with Crippen LogP contribution >= 0.6 is 0 Å². The summed E-state index contributed by atoms with van der Waals surface area (Å²) >= 11 is 0. The summed E-state index contributed by atoms with van der Waals surface area (Å²) in [5.74, 6) is 2.89. The first-order chi connectivity index (χ1) is 15.9. The number of hydrogen-bond acceptors (Lipinski definition) is 6. The molecule has 33 heavy (non-hydrogen) atoms. The molecule has 1 saturated heterocycles. The highest BCUT2D eigenvalue weighted by molar-refractivity contribution is 6.03. The fourth-order valence-corrected chi connectivity index (χ4v) is 3.61. The third-order valence-electron chi connectivity index (χ3n) is 5.40. The molecule has 0 aliphatic carbocycles. The van der Waals surface area contributed by atoms with Crippen LogP contribution < -0.4 is 19.5 Å². The molecule has 0 saturated carbocycles. The first-order valence-electron chi connectivity index (χ1n) is 10.7. The summed E-state index contributed by atoms with van der Waals surface area (Å²) in [5.41, 5.74) is 0.128. The summed E-state index contributed by atoms with van der Waals surface area (Å²) < 4.78 is 22.6. The molecule has 1 aliphatic rings. The second kappa shape index (κ2) is 9.24. The minimum atomic E-state index is -1.39. The SMILES string of the molecule is CCCc1cc(Oc2ccc(OC)cc2)ccc1Oc1cccc([C@@]2(C)OC(=O)NC2=O)c1. The average Bonchev–Trinajstić information content (AvgIpc) is 3.08. The molecule has 1 aliphatic heterocycles. The lowest BCUT2D eigenvalue weighted by Crippen LogP contribution is -2.33. The monoisotopic (exact) mass is 447 g/mol. The Morgan fingerprint density at radius 1 is 0.879 bits per heavy atom. The molecule has 7 heteroatoms. The van der Waals surface area contributed by atoms with Gasteiger partial charge in [0.2, 0.25) is 5.60 Å². The number of ether oxygens (including phenoxy) is 4. The van der Waals surface area contributed by atoms with Gasteiger partial charge >= 0.3 is 6.09 Å². The molecule has 1 fully saturated rings. The Morgan fingerprint density at radius 3 is 2.24 bits per heavy atom. The summed E-state index contributed by atoms with van der Waals surface area (Å²) in [5, 5.41) is 2.17. The van der Waals surface area contributed by atoms with Crippen LogP contribution in [-0.4, -0.2) is 19.1 Å². The third-order valence-corrected chi connectivity index (χ3v) is 5.40. The van der Waals surface area contributed by atoms with Gasteiger partial charge in [-0.25, -0.2) is 4.79 Å². The number of alkyl carbamates (subject to hydrolysis) is 1. The summed E-state index contributed by atoms with van der Waals surface area (Å²) in [4.78, 5) is 23.7. The highest BCUT2D eigenvalue weighted by atomic mass is 16.6. The zero-order valence-electron chi connectivity index (χ0n) is 18.7. The van der Waals surface area contributed by atoms with E-state index < -0.39 is 17.6 Å². The summed E-state index contributed by atoms with van der Waals surface area (Å²) in [6, 6.07) is 20.0. The number of hydrogen-bond donors (Lipinski definition) is 1. The Hall–Kier alpha value is -4.00. The van der Waals surface area contributed by atoms with Gasteiger partial charge in [0.15, 0.2) is 0 Å². The van der Waals surface area contributed by atoms with Crippen molar-refractivity contribution in [2.24, 2.45) is 0 Å². The Balaban J connectivity index is 1.56. The van der Waals surface area contributed by atoms with Gasteiger partial charge in [-0.2, -0.15) is 0 Å². The maximum atomic E-state index is 12.2. The van der Waals surface area contributed by atoms with Crippen molar-refractivity contribution in [2.75, 3.05) is 7.11 Å². The lowest BCUT2D eigenvalue weighted by atomic mass is 9.95. The molecular weight excluding hydrogens is 422 g/mol. The molecule has 170 valence electrons. The fourth-order valence-electron chi connectivity index (χ4n) is 3.61. The van der Waals surface area contributed by atoms with Crippen LogP contribution in [0.15, 0.2) is 66.7 Å². The van der Waals surface area contributed by atoms with E-state index >= 15 is 0 Å². The zero-order valence-corrected chi connectivity index (χ0v) is 18.7. The van der Waals surface area contributed by atoms with Gasteiger partial charge < -0.3 is 18.9 Å². The van der Waals surface area contributed by atoms with Crippen LogP contribution in [0.4, 0.5) is 4.79 Å². The zero-order chi connectivity index (χ0) is 23.4. The van der Waals surface area contributed by atoms with Gasteiger partial charge in [0, 0.05) is 5.56 Å². The van der Waals surface area contributed by atoms with Crippen molar-refractivity contribution in [3.05, 3.63) is 77.9 Å². The van der Waals surface area contributed by atoms with Crippen molar-refractivity contribution in [1.29, 1.82) is 0 Å². The molecule has 0 radical (unpaired) electrons. The lowest BCUT2D eigenvalue weighted by Gasteiger charge is -2.20. The summed E-state index contributed by atoms with van der Waals surface area (Å²) in [6.45, 7) is 3.65. The molecule has 0 bridgehead atoms. The lowest BCUT2D eigenvalue weighted by molar-refractivity contribution is -0.130. The van der Waals surface area contributed by atoms with Crippen molar-refractivity contribution in [1.82, 2.24) is 5.32 Å². The number of methoxy groups -OCH3 is 1. The van der Waals surface area contributed by atoms with E-state index in [0.29, 0.717) is 28.6 Å². The van der Waals surface area contributed by atoms with Gasteiger partial charge in [0.1, 0.15) is 28.7 Å². The van der Waals surface area contributed by atoms with Gasteiger partial charge in [0.25, 0.3) is 5.91 Å². The number of imide groups is 1. The van der Waals surface area contributed by atoms with Crippen molar-refractivity contribution < 1.29 is 28.5 Å². The Bertz CT molecular complexity index is 1170. The molecule has 1 N–H and O–H groups in total. The van der Waals surface area contributed by atoms with E-state index in [9.17, 15) is 9.59 Å². The van der Waals surface area contributed by atoms with Gasteiger partial charge in [0.05, 0.1) is 7.11 Å². The van der Waals surface area contributed by atoms with E-state index in [4.69, 9.17) is 18.9 Å². The molecule has 3 aromatic carbocycles. The van der Waals surface area contributed by atoms with Crippen molar-refractivity contribution in [3.8, 4) is 28.7 Å². The molecule has 1 heterocycles. The number of benzene rings is 3. The number of carbonyl (C=O) groups is 2. The highest BCUT2D eigenvalue weighted by Crippen LogP contribution is 2.35.